The molecule has 144 valence electrons. The summed E-state index contributed by atoms with van der Waals surface area (Å²) in [5.41, 5.74) is 2.19. The van der Waals surface area contributed by atoms with E-state index < -0.39 is 0 Å². The van der Waals surface area contributed by atoms with E-state index in [9.17, 15) is 9.90 Å². The molecule has 1 aliphatic rings. The molecule has 7 heteroatoms. The molecule has 3 aromatic heterocycles. The highest BCUT2D eigenvalue weighted by Crippen LogP contribution is 2.31. The van der Waals surface area contributed by atoms with Crippen LogP contribution in [0.1, 0.15) is 34.6 Å². The lowest BCUT2D eigenvalue weighted by Gasteiger charge is -2.38. The van der Waals surface area contributed by atoms with Crippen molar-refractivity contribution < 1.29 is 9.90 Å². The first-order chi connectivity index (χ1) is 13.6. The first-order valence-corrected chi connectivity index (χ1v) is 9.46. The average molecular weight is 377 g/mol. The third-order valence-corrected chi connectivity index (χ3v) is 5.31. The van der Waals surface area contributed by atoms with Crippen molar-refractivity contribution in [2.45, 2.75) is 38.3 Å². The maximum atomic E-state index is 13.0. The Morgan fingerprint density at radius 1 is 1.21 bits per heavy atom. The van der Waals surface area contributed by atoms with Gasteiger partial charge in [0.25, 0.3) is 5.91 Å². The monoisotopic (exact) mass is 377 g/mol. The molecular weight excluding hydrogens is 354 g/mol. The maximum absolute atomic E-state index is 13.0. The Kier molecular flexibility index (Phi) is 5.16. The molecule has 1 saturated carbocycles. The fourth-order valence-electron chi connectivity index (χ4n) is 3.63. The topological polar surface area (TPSA) is 92.9 Å². The number of aliphatic hydroxyl groups excluding tert-OH is 1. The van der Waals surface area contributed by atoms with Crippen molar-refractivity contribution in [1.29, 1.82) is 0 Å². The Balaban J connectivity index is 1.52. The predicted octanol–water partition coefficient (Wildman–Crippen LogP) is 2.08. The summed E-state index contributed by atoms with van der Waals surface area (Å²) in [7, 11) is 0. The molecule has 28 heavy (non-hydrogen) atoms. The molecule has 0 aliphatic heterocycles. The van der Waals surface area contributed by atoms with Gasteiger partial charge in [0.05, 0.1) is 23.6 Å². The molecule has 0 radical (unpaired) electrons. The van der Waals surface area contributed by atoms with E-state index in [4.69, 9.17) is 0 Å². The lowest BCUT2D eigenvalue weighted by atomic mass is 9.76. The van der Waals surface area contributed by atoms with Gasteiger partial charge >= 0.3 is 0 Å². The molecule has 1 amide bonds. The summed E-state index contributed by atoms with van der Waals surface area (Å²) in [6, 6.07) is 11.3. The minimum atomic E-state index is -0.276. The van der Waals surface area contributed by atoms with Crippen LogP contribution in [-0.2, 0) is 6.42 Å². The van der Waals surface area contributed by atoms with Crippen molar-refractivity contribution in [3.05, 3.63) is 71.9 Å². The van der Waals surface area contributed by atoms with Crippen molar-refractivity contribution in [2.75, 3.05) is 0 Å². The summed E-state index contributed by atoms with van der Waals surface area (Å²) in [5, 5.41) is 17.2. The molecule has 0 bridgehead atoms. The normalized spacial score (nSPS) is 19.6. The van der Waals surface area contributed by atoms with Gasteiger partial charge in [-0.1, -0.05) is 12.1 Å². The smallest absolute Gasteiger partial charge is 0.255 e. The van der Waals surface area contributed by atoms with E-state index in [0.29, 0.717) is 30.6 Å². The van der Waals surface area contributed by atoms with Crippen molar-refractivity contribution in [3.8, 4) is 5.82 Å². The summed E-state index contributed by atoms with van der Waals surface area (Å²) in [6.45, 7) is 1.86. The minimum absolute atomic E-state index is 0.0802. The largest absolute Gasteiger partial charge is 0.393 e. The third-order valence-electron chi connectivity index (χ3n) is 5.31. The average Bonchev–Trinajstić information content (AvgIpc) is 3.08. The SMILES string of the molecule is Cc1c(C(=O)N[C@H](Cc2ccccn2)C2CC(O)C2)cnn1-c1ccccn1. The summed E-state index contributed by atoms with van der Waals surface area (Å²) in [6.07, 6.45) is 6.78. The van der Waals surface area contributed by atoms with Crippen LogP contribution < -0.4 is 5.32 Å². The number of amides is 1. The number of rotatable bonds is 6. The quantitative estimate of drug-likeness (QED) is 0.686. The maximum Gasteiger partial charge on any atom is 0.255 e. The lowest BCUT2D eigenvalue weighted by molar-refractivity contribution is 0.0237. The van der Waals surface area contributed by atoms with Crippen LogP contribution >= 0.6 is 0 Å². The molecule has 1 atom stereocenters. The zero-order valence-corrected chi connectivity index (χ0v) is 15.7. The van der Waals surface area contributed by atoms with Gasteiger partial charge in [0, 0.05) is 30.6 Å². The Morgan fingerprint density at radius 3 is 2.61 bits per heavy atom. The Labute approximate surface area is 163 Å². The predicted molar refractivity (Wildman–Crippen MR) is 104 cm³/mol. The number of nitrogens with one attached hydrogen (secondary N) is 1. The molecule has 0 saturated heterocycles. The summed E-state index contributed by atoms with van der Waals surface area (Å²) < 4.78 is 1.66. The summed E-state index contributed by atoms with van der Waals surface area (Å²) in [4.78, 5) is 21.6. The number of aromatic nitrogens is 4. The van der Waals surface area contributed by atoms with E-state index in [2.05, 4.69) is 20.4 Å². The molecule has 1 fully saturated rings. The number of carbonyl (C=O) groups is 1. The molecule has 1 aliphatic carbocycles. The van der Waals surface area contributed by atoms with Gasteiger partial charge in [-0.25, -0.2) is 9.67 Å². The van der Waals surface area contributed by atoms with E-state index in [1.807, 2.05) is 43.3 Å². The van der Waals surface area contributed by atoms with E-state index >= 15 is 0 Å². The molecule has 4 rings (SSSR count). The Bertz CT molecular complexity index is 936. The van der Waals surface area contributed by atoms with Crippen LogP contribution in [0.5, 0.6) is 0 Å². The van der Waals surface area contributed by atoms with E-state index in [0.717, 1.165) is 11.4 Å². The van der Waals surface area contributed by atoms with Gasteiger partial charge in [0.2, 0.25) is 0 Å². The number of pyridine rings is 2. The van der Waals surface area contributed by atoms with E-state index in [1.54, 1.807) is 23.3 Å². The molecule has 3 heterocycles. The van der Waals surface area contributed by atoms with Crippen molar-refractivity contribution in [2.24, 2.45) is 5.92 Å². The fourth-order valence-corrected chi connectivity index (χ4v) is 3.63. The second kappa shape index (κ2) is 7.90. The number of aliphatic hydroxyl groups is 1. The zero-order valence-electron chi connectivity index (χ0n) is 15.7. The number of nitrogens with zero attached hydrogens (tertiary/aromatic N) is 4. The van der Waals surface area contributed by atoms with Gasteiger partial charge in [-0.15, -0.1) is 0 Å². The van der Waals surface area contributed by atoms with E-state index in [1.165, 1.54) is 0 Å². The second-order valence-corrected chi connectivity index (χ2v) is 7.23. The third kappa shape index (κ3) is 3.80. The first kappa shape index (κ1) is 18.3. The van der Waals surface area contributed by atoms with Gasteiger partial charge in [0.1, 0.15) is 0 Å². The minimum Gasteiger partial charge on any atom is -0.393 e. The fraction of sp³-hybridized carbons (Fsp3) is 0.333. The molecule has 7 nitrogen and oxygen atoms in total. The van der Waals surface area contributed by atoms with Crippen LogP contribution in [0.4, 0.5) is 0 Å². The van der Waals surface area contributed by atoms with Gasteiger partial charge in [-0.05, 0) is 49.9 Å². The van der Waals surface area contributed by atoms with E-state index in [-0.39, 0.29) is 24.0 Å². The van der Waals surface area contributed by atoms with Crippen LogP contribution in [0.2, 0.25) is 0 Å². The van der Waals surface area contributed by atoms with Crippen molar-refractivity contribution >= 4 is 5.91 Å². The highest BCUT2D eigenvalue weighted by molar-refractivity contribution is 5.95. The molecule has 2 N–H and O–H groups in total. The zero-order chi connectivity index (χ0) is 19.5. The number of carbonyl (C=O) groups excluding carboxylic acids is 1. The van der Waals surface area contributed by atoms with Crippen LogP contribution in [-0.4, -0.2) is 42.9 Å². The number of hydrogen-bond acceptors (Lipinski definition) is 5. The molecular formula is C21H23N5O2. The molecule has 0 unspecified atom stereocenters. The summed E-state index contributed by atoms with van der Waals surface area (Å²) in [5.74, 6) is 0.750. The van der Waals surface area contributed by atoms with Gasteiger partial charge in [-0.2, -0.15) is 5.10 Å². The van der Waals surface area contributed by atoms with Crippen molar-refractivity contribution in [1.82, 2.24) is 25.1 Å². The first-order valence-electron chi connectivity index (χ1n) is 9.46. The molecule has 0 spiro atoms. The van der Waals surface area contributed by atoms with Crippen molar-refractivity contribution in [3.63, 3.8) is 0 Å². The highest BCUT2D eigenvalue weighted by atomic mass is 16.3. The van der Waals surface area contributed by atoms with Gasteiger partial charge in [-0.3, -0.25) is 9.78 Å². The van der Waals surface area contributed by atoms with Gasteiger partial charge in [0.15, 0.2) is 5.82 Å². The van der Waals surface area contributed by atoms with Crippen LogP contribution in [0.3, 0.4) is 0 Å². The summed E-state index contributed by atoms with van der Waals surface area (Å²) >= 11 is 0. The number of hydrogen-bond donors (Lipinski definition) is 2. The van der Waals surface area contributed by atoms with Crippen LogP contribution in [0.25, 0.3) is 5.82 Å². The van der Waals surface area contributed by atoms with Crippen LogP contribution in [0, 0.1) is 12.8 Å². The molecule has 3 aromatic rings. The second-order valence-electron chi connectivity index (χ2n) is 7.23. The highest BCUT2D eigenvalue weighted by Gasteiger charge is 2.35. The standard InChI is InChI=1S/C21H23N5O2/c1-14-18(13-24-26(14)20-7-3-5-9-23-20)21(28)25-19(15-10-17(27)11-15)12-16-6-2-4-8-22-16/h2-9,13,15,17,19,27H,10-12H2,1H3,(H,25,28)/t15?,17?,19-/m1/s1. The lowest BCUT2D eigenvalue weighted by Crippen LogP contribution is -2.48. The van der Waals surface area contributed by atoms with Crippen LogP contribution in [0.15, 0.2) is 55.0 Å². The Hall–Kier alpha value is -3.06. The van der Waals surface area contributed by atoms with Gasteiger partial charge < -0.3 is 10.4 Å². The Morgan fingerprint density at radius 2 is 1.96 bits per heavy atom. The molecule has 0 aromatic carbocycles.